The Bertz CT molecular complexity index is 1070. The van der Waals surface area contributed by atoms with Gasteiger partial charge in [-0.1, -0.05) is 71.0 Å². The average molecular weight is 509 g/mol. The standard InChI is InChI=1S/C32H44O5/c1-21(2)32(37-29(34)35-7)19-17-25-24(14-11-18-31(25,32)6)28(33)36-27-20-22(3)15-16-26(27)30(4,5)23-12-9-8-10-13-23/h8-10,12-13,22,26-27H,1,11,14-20H2,2-7H3/t22-,26-,27-,31+,32-/m1/s1. The molecule has 0 heterocycles. The van der Waals surface area contributed by atoms with Crippen LogP contribution in [0.2, 0.25) is 0 Å². The van der Waals surface area contributed by atoms with E-state index >= 15 is 0 Å². The van der Waals surface area contributed by atoms with Crippen LogP contribution in [-0.2, 0) is 24.4 Å². The minimum Gasteiger partial charge on any atom is -0.459 e. The molecule has 0 N–H and O–H groups in total. The molecule has 1 aromatic rings. The fourth-order valence-electron chi connectivity index (χ4n) is 7.62. The highest BCUT2D eigenvalue weighted by atomic mass is 16.7. The van der Waals surface area contributed by atoms with E-state index in [9.17, 15) is 9.59 Å². The van der Waals surface area contributed by atoms with Crippen molar-refractivity contribution in [2.45, 2.75) is 103 Å². The maximum atomic E-state index is 13.9. The Morgan fingerprint density at radius 2 is 1.78 bits per heavy atom. The summed E-state index contributed by atoms with van der Waals surface area (Å²) in [6, 6.07) is 10.6. The Labute approximate surface area is 222 Å². The van der Waals surface area contributed by atoms with Crippen molar-refractivity contribution >= 4 is 12.1 Å². The van der Waals surface area contributed by atoms with Gasteiger partial charge in [0.2, 0.25) is 0 Å². The molecule has 5 atom stereocenters. The molecule has 0 spiro atoms. The third-order valence-electron chi connectivity index (χ3n) is 9.87. The predicted molar refractivity (Wildman–Crippen MR) is 145 cm³/mol. The van der Waals surface area contributed by atoms with Gasteiger partial charge in [-0.3, -0.25) is 0 Å². The van der Waals surface area contributed by atoms with E-state index in [1.54, 1.807) is 0 Å². The SMILES string of the molecule is C=C(C)[C@]1(OC(=O)OC)CCC2=C(C(=O)O[C@@H]3C[C@H](C)CC[C@H]3C(C)(C)c3ccccc3)CCC[C@@]21C. The molecule has 0 amide bonds. The van der Waals surface area contributed by atoms with E-state index in [0.29, 0.717) is 25.2 Å². The average Bonchev–Trinajstić information content (AvgIpc) is 3.17. The molecule has 0 aliphatic heterocycles. The highest BCUT2D eigenvalue weighted by Gasteiger charge is 2.60. The first-order valence-electron chi connectivity index (χ1n) is 13.9. The van der Waals surface area contributed by atoms with E-state index in [-0.39, 0.29) is 23.4 Å². The van der Waals surface area contributed by atoms with Crippen molar-refractivity contribution in [3.05, 3.63) is 59.2 Å². The van der Waals surface area contributed by atoms with Gasteiger partial charge in [0.25, 0.3) is 0 Å². The zero-order chi connectivity index (χ0) is 27.0. The molecule has 202 valence electrons. The van der Waals surface area contributed by atoms with E-state index in [4.69, 9.17) is 14.2 Å². The summed E-state index contributed by atoms with van der Waals surface area (Å²) in [4.78, 5) is 26.1. The molecule has 0 unspecified atom stereocenters. The first-order valence-corrected chi connectivity index (χ1v) is 13.9. The summed E-state index contributed by atoms with van der Waals surface area (Å²) < 4.78 is 17.3. The van der Waals surface area contributed by atoms with Gasteiger partial charge in [-0.05, 0) is 79.9 Å². The highest BCUT2D eigenvalue weighted by molar-refractivity contribution is 5.90. The molecule has 5 nitrogen and oxygen atoms in total. The van der Waals surface area contributed by atoms with Gasteiger partial charge in [-0.15, -0.1) is 0 Å². The van der Waals surface area contributed by atoms with Gasteiger partial charge < -0.3 is 14.2 Å². The zero-order valence-electron chi connectivity index (χ0n) is 23.5. The molecule has 3 aliphatic rings. The largest absolute Gasteiger partial charge is 0.508 e. The highest BCUT2D eigenvalue weighted by Crippen LogP contribution is 2.61. The summed E-state index contributed by atoms with van der Waals surface area (Å²) in [7, 11) is 1.32. The minimum absolute atomic E-state index is 0.109. The third-order valence-corrected chi connectivity index (χ3v) is 9.87. The lowest BCUT2D eigenvalue weighted by Crippen LogP contribution is -2.49. The lowest BCUT2D eigenvalue weighted by molar-refractivity contribution is -0.152. The number of rotatable bonds is 6. The molecular formula is C32H44O5. The lowest BCUT2D eigenvalue weighted by atomic mass is 9.63. The van der Waals surface area contributed by atoms with Crippen molar-refractivity contribution in [1.29, 1.82) is 0 Å². The molecule has 37 heavy (non-hydrogen) atoms. The van der Waals surface area contributed by atoms with Crippen molar-refractivity contribution in [2.75, 3.05) is 7.11 Å². The number of fused-ring (bicyclic) bond motifs is 1. The van der Waals surface area contributed by atoms with Gasteiger partial charge >= 0.3 is 12.1 Å². The van der Waals surface area contributed by atoms with Crippen LogP contribution in [0, 0.1) is 17.3 Å². The van der Waals surface area contributed by atoms with Crippen LogP contribution in [0.25, 0.3) is 0 Å². The summed E-state index contributed by atoms with van der Waals surface area (Å²) >= 11 is 0. The minimum atomic E-state index is -0.876. The van der Waals surface area contributed by atoms with Crippen LogP contribution in [0.4, 0.5) is 4.79 Å². The predicted octanol–water partition coefficient (Wildman–Crippen LogP) is 7.69. The second kappa shape index (κ2) is 10.3. The Morgan fingerprint density at radius 1 is 1.08 bits per heavy atom. The maximum absolute atomic E-state index is 13.9. The number of hydrogen-bond donors (Lipinski definition) is 0. The summed E-state index contributed by atoms with van der Waals surface area (Å²) in [6.07, 6.45) is 5.88. The number of carbonyl (C=O) groups is 2. The Kier molecular flexibility index (Phi) is 7.65. The number of esters is 1. The van der Waals surface area contributed by atoms with Gasteiger partial charge in [0.15, 0.2) is 0 Å². The molecule has 0 saturated heterocycles. The third kappa shape index (κ3) is 4.75. The van der Waals surface area contributed by atoms with Gasteiger partial charge in [-0.2, -0.15) is 0 Å². The monoisotopic (exact) mass is 508 g/mol. The first-order chi connectivity index (χ1) is 17.5. The number of benzene rings is 1. The molecule has 2 fully saturated rings. The fraction of sp³-hybridized carbons (Fsp3) is 0.625. The normalized spacial score (nSPS) is 31.9. The second-order valence-electron chi connectivity index (χ2n) is 12.4. The number of carbonyl (C=O) groups excluding carboxylic acids is 2. The van der Waals surface area contributed by atoms with Crippen LogP contribution >= 0.6 is 0 Å². The van der Waals surface area contributed by atoms with Crippen molar-refractivity contribution in [1.82, 2.24) is 0 Å². The van der Waals surface area contributed by atoms with Crippen molar-refractivity contribution in [3.8, 4) is 0 Å². The lowest BCUT2D eigenvalue weighted by Gasteiger charge is -2.46. The fourth-order valence-corrected chi connectivity index (χ4v) is 7.62. The molecule has 1 aromatic carbocycles. The smallest absolute Gasteiger partial charge is 0.459 e. The van der Waals surface area contributed by atoms with E-state index in [0.717, 1.165) is 48.8 Å². The van der Waals surface area contributed by atoms with Crippen LogP contribution in [0.1, 0.15) is 91.5 Å². The summed E-state index contributed by atoms with van der Waals surface area (Å²) in [5, 5.41) is 0. The van der Waals surface area contributed by atoms with Crippen LogP contribution in [-0.4, -0.2) is 30.9 Å². The van der Waals surface area contributed by atoms with Gasteiger partial charge in [-0.25, -0.2) is 9.59 Å². The van der Waals surface area contributed by atoms with E-state index < -0.39 is 17.2 Å². The molecular weight excluding hydrogens is 464 g/mol. The van der Waals surface area contributed by atoms with Crippen LogP contribution in [0.3, 0.4) is 0 Å². The number of ether oxygens (including phenoxy) is 3. The molecule has 0 aromatic heterocycles. The van der Waals surface area contributed by atoms with Crippen molar-refractivity contribution < 1.29 is 23.8 Å². The molecule has 3 aliphatic carbocycles. The van der Waals surface area contributed by atoms with Gasteiger partial charge in [0.05, 0.1) is 7.11 Å². The number of hydrogen-bond acceptors (Lipinski definition) is 5. The second-order valence-corrected chi connectivity index (χ2v) is 12.4. The Hall–Kier alpha value is -2.56. The topological polar surface area (TPSA) is 61.8 Å². The van der Waals surface area contributed by atoms with Crippen LogP contribution in [0.15, 0.2) is 53.6 Å². The maximum Gasteiger partial charge on any atom is 0.508 e. The quantitative estimate of drug-likeness (QED) is 0.291. The first kappa shape index (κ1) is 27.5. The van der Waals surface area contributed by atoms with E-state index in [2.05, 4.69) is 58.5 Å². The zero-order valence-corrected chi connectivity index (χ0v) is 23.5. The van der Waals surface area contributed by atoms with Gasteiger partial charge in [0.1, 0.15) is 11.7 Å². The Morgan fingerprint density at radius 3 is 2.43 bits per heavy atom. The molecule has 4 rings (SSSR count). The van der Waals surface area contributed by atoms with E-state index in [1.165, 1.54) is 12.7 Å². The summed E-state index contributed by atoms with van der Waals surface area (Å²) in [6.45, 7) is 15.0. The summed E-state index contributed by atoms with van der Waals surface area (Å²) in [5.74, 6) is 0.576. The molecule has 2 saturated carbocycles. The van der Waals surface area contributed by atoms with Crippen LogP contribution in [0.5, 0.6) is 0 Å². The molecule has 0 radical (unpaired) electrons. The molecule has 5 heteroatoms. The van der Waals surface area contributed by atoms with Crippen molar-refractivity contribution in [2.24, 2.45) is 17.3 Å². The summed E-state index contributed by atoms with van der Waals surface area (Å²) in [5.41, 5.74) is 2.43. The van der Waals surface area contributed by atoms with E-state index in [1.807, 2.05) is 13.0 Å². The molecule has 0 bridgehead atoms. The van der Waals surface area contributed by atoms with Crippen LogP contribution < -0.4 is 0 Å². The number of methoxy groups -OCH3 is 1. The Balaban J connectivity index is 1.64. The van der Waals surface area contributed by atoms with Gasteiger partial charge in [0, 0.05) is 16.9 Å². The van der Waals surface area contributed by atoms with Crippen molar-refractivity contribution in [3.63, 3.8) is 0 Å².